The Kier molecular flexibility index (Phi) is 4.66. The minimum atomic E-state index is -0.476. The summed E-state index contributed by atoms with van der Waals surface area (Å²) < 4.78 is 0. The van der Waals surface area contributed by atoms with Crippen molar-refractivity contribution in [2.24, 2.45) is 5.92 Å². The molecule has 1 amide bonds. The first-order valence-electron chi connectivity index (χ1n) is 9.60. The van der Waals surface area contributed by atoms with Crippen LogP contribution in [0.4, 0.5) is 11.4 Å². The number of benzene rings is 3. The Labute approximate surface area is 169 Å². The van der Waals surface area contributed by atoms with Crippen LogP contribution in [0.3, 0.4) is 0 Å². The molecule has 5 nitrogen and oxygen atoms in total. The summed E-state index contributed by atoms with van der Waals surface area (Å²) in [4.78, 5) is 23.9. The first-order valence-corrected chi connectivity index (χ1v) is 9.60. The van der Waals surface area contributed by atoms with E-state index in [1.165, 1.54) is 6.07 Å². The van der Waals surface area contributed by atoms with Gasteiger partial charge in [-0.3, -0.25) is 14.9 Å². The van der Waals surface area contributed by atoms with Crippen molar-refractivity contribution in [1.82, 2.24) is 0 Å². The third-order valence-corrected chi connectivity index (χ3v) is 5.77. The number of anilines is 1. The lowest BCUT2D eigenvalue weighted by Gasteiger charge is -2.19. The standard InChI is InChI=1S/C24H22N2O3/c1-16-7-11-18(12-8-16)24(19-13-9-17(2)10-14-19)15-20(24)23(27)25-21-5-3-4-6-22(21)26(28)29/h3-14,20H,15H2,1-2H3,(H,25,27)/t20-/m1/s1. The zero-order valence-electron chi connectivity index (χ0n) is 16.4. The summed E-state index contributed by atoms with van der Waals surface area (Å²) in [6, 6.07) is 22.8. The van der Waals surface area contributed by atoms with Gasteiger partial charge in [-0.1, -0.05) is 71.8 Å². The van der Waals surface area contributed by atoms with Gasteiger partial charge in [-0.15, -0.1) is 0 Å². The van der Waals surface area contributed by atoms with Gasteiger partial charge in [0.15, 0.2) is 0 Å². The molecule has 1 aliphatic rings. The van der Waals surface area contributed by atoms with E-state index in [9.17, 15) is 14.9 Å². The predicted molar refractivity (Wildman–Crippen MR) is 113 cm³/mol. The number of nitro benzene ring substituents is 1. The SMILES string of the molecule is Cc1ccc(C2(c3ccc(C)cc3)C[C@@H]2C(=O)Nc2ccccc2[N+](=O)[O-])cc1. The van der Waals surface area contributed by atoms with E-state index in [1.54, 1.807) is 18.2 Å². The molecule has 1 aliphatic carbocycles. The quantitative estimate of drug-likeness (QED) is 0.486. The van der Waals surface area contributed by atoms with Crippen LogP contribution in [-0.2, 0) is 10.2 Å². The Hall–Kier alpha value is -3.47. The third-order valence-electron chi connectivity index (χ3n) is 5.77. The van der Waals surface area contributed by atoms with E-state index in [4.69, 9.17) is 0 Å². The lowest BCUT2D eigenvalue weighted by molar-refractivity contribution is -0.383. The molecule has 3 aromatic rings. The topological polar surface area (TPSA) is 72.2 Å². The van der Waals surface area contributed by atoms with E-state index in [0.717, 1.165) is 22.3 Å². The Morgan fingerprint density at radius 2 is 1.45 bits per heavy atom. The summed E-state index contributed by atoms with van der Waals surface area (Å²) in [7, 11) is 0. The van der Waals surface area contributed by atoms with Gasteiger partial charge < -0.3 is 5.32 Å². The van der Waals surface area contributed by atoms with Crippen molar-refractivity contribution in [3.63, 3.8) is 0 Å². The van der Waals surface area contributed by atoms with Gasteiger partial charge in [0.25, 0.3) is 5.69 Å². The predicted octanol–water partition coefficient (Wildman–Crippen LogP) is 5.16. The van der Waals surface area contributed by atoms with E-state index < -0.39 is 10.3 Å². The fourth-order valence-corrected chi connectivity index (χ4v) is 4.04. The molecule has 3 aromatic carbocycles. The van der Waals surface area contributed by atoms with Gasteiger partial charge >= 0.3 is 0 Å². The second kappa shape index (κ2) is 7.17. The van der Waals surface area contributed by atoms with Crippen molar-refractivity contribution in [2.75, 3.05) is 5.32 Å². The highest BCUT2D eigenvalue weighted by Gasteiger charge is 2.60. The molecule has 4 rings (SSSR count). The molecular formula is C24H22N2O3. The van der Waals surface area contributed by atoms with E-state index in [0.29, 0.717) is 6.42 Å². The number of nitrogens with one attached hydrogen (secondary N) is 1. The first-order chi connectivity index (χ1) is 13.9. The minimum absolute atomic E-state index is 0.0993. The number of rotatable bonds is 5. The van der Waals surface area contributed by atoms with Gasteiger partial charge in [-0.05, 0) is 37.5 Å². The number of hydrogen-bond donors (Lipinski definition) is 1. The molecule has 1 fully saturated rings. The van der Waals surface area contributed by atoms with Crippen LogP contribution in [0.25, 0.3) is 0 Å². The van der Waals surface area contributed by atoms with Crippen LogP contribution < -0.4 is 5.32 Å². The van der Waals surface area contributed by atoms with E-state index in [1.807, 2.05) is 13.8 Å². The molecule has 5 heteroatoms. The van der Waals surface area contributed by atoms with Crippen LogP contribution >= 0.6 is 0 Å². The summed E-state index contributed by atoms with van der Waals surface area (Å²) in [5.74, 6) is -0.479. The fourth-order valence-electron chi connectivity index (χ4n) is 4.04. The summed E-state index contributed by atoms with van der Waals surface area (Å²) in [5.41, 5.74) is 4.23. The number of hydrogen-bond acceptors (Lipinski definition) is 3. The molecule has 1 saturated carbocycles. The van der Waals surface area contributed by atoms with Crippen molar-refractivity contribution < 1.29 is 9.72 Å². The molecular weight excluding hydrogens is 364 g/mol. The molecule has 0 spiro atoms. The highest BCUT2D eigenvalue weighted by molar-refractivity contribution is 5.98. The maximum absolute atomic E-state index is 13.1. The van der Waals surface area contributed by atoms with E-state index in [2.05, 4.69) is 53.8 Å². The fraction of sp³-hybridized carbons (Fsp3) is 0.208. The van der Waals surface area contributed by atoms with Gasteiger partial charge in [0.05, 0.1) is 10.8 Å². The van der Waals surface area contributed by atoms with Crippen molar-refractivity contribution in [2.45, 2.75) is 25.7 Å². The smallest absolute Gasteiger partial charge is 0.292 e. The summed E-state index contributed by atoms with van der Waals surface area (Å²) in [6.45, 7) is 4.07. The van der Waals surface area contributed by atoms with Crippen molar-refractivity contribution in [3.8, 4) is 0 Å². The van der Waals surface area contributed by atoms with Gasteiger partial charge in [0.1, 0.15) is 5.69 Å². The Morgan fingerprint density at radius 1 is 0.931 bits per heavy atom. The zero-order chi connectivity index (χ0) is 20.6. The van der Waals surface area contributed by atoms with Crippen LogP contribution in [-0.4, -0.2) is 10.8 Å². The second-order valence-corrected chi connectivity index (χ2v) is 7.72. The molecule has 0 aromatic heterocycles. The van der Waals surface area contributed by atoms with Crippen LogP contribution in [0, 0.1) is 29.9 Å². The normalized spacial score (nSPS) is 16.8. The lowest BCUT2D eigenvalue weighted by atomic mass is 9.85. The van der Waals surface area contributed by atoms with Gasteiger partial charge in [-0.2, -0.15) is 0 Å². The number of amides is 1. The van der Waals surface area contributed by atoms with Crippen molar-refractivity contribution in [3.05, 3.63) is 105 Å². The zero-order valence-corrected chi connectivity index (χ0v) is 16.4. The molecule has 0 unspecified atom stereocenters. The van der Waals surface area contributed by atoms with Crippen LogP contribution in [0.15, 0.2) is 72.8 Å². The Balaban J connectivity index is 1.69. The average Bonchev–Trinajstić information content (AvgIpc) is 3.46. The van der Waals surface area contributed by atoms with Crippen LogP contribution in [0.5, 0.6) is 0 Å². The number of carbonyl (C=O) groups is 1. The molecule has 0 aliphatic heterocycles. The number of nitrogens with zero attached hydrogens (tertiary/aromatic N) is 1. The van der Waals surface area contributed by atoms with Crippen LogP contribution in [0.1, 0.15) is 28.7 Å². The molecule has 0 bridgehead atoms. The summed E-state index contributed by atoms with van der Waals surface area (Å²) in [6.07, 6.45) is 0.672. The average molecular weight is 386 g/mol. The number of nitro groups is 1. The van der Waals surface area contributed by atoms with Crippen molar-refractivity contribution in [1.29, 1.82) is 0 Å². The van der Waals surface area contributed by atoms with E-state index in [-0.39, 0.29) is 23.2 Å². The maximum Gasteiger partial charge on any atom is 0.292 e. The molecule has 1 N–H and O–H groups in total. The van der Waals surface area contributed by atoms with Gasteiger partial charge in [0.2, 0.25) is 5.91 Å². The monoisotopic (exact) mass is 386 g/mol. The molecule has 0 heterocycles. The molecule has 1 atom stereocenters. The minimum Gasteiger partial charge on any atom is -0.320 e. The number of para-hydroxylation sites is 2. The first kappa shape index (κ1) is 18.9. The second-order valence-electron chi connectivity index (χ2n) is 7.72. The highest BCUT2D eigenvalue weighted by atomic mass is 16.6. The summed E-state index contributed by atoms with van der Waals surface area (Å²) >= 11 is 0. The number of aryl methyl sites for hydroxylation is 2. The Morgan fingerprint density at radius 3 is 1.97 bits per heavy atom. The number of carbonyl (C=O) groups excluding carboxylic acids is 1. The van der Waals surface area contributed by atoms with Gasteiger partial charge in [0, 0.05) is 11.5 Å². The largest absolute Gasteiger partial charge is 0.320 e. The van der Waals surface area contributed by atoms with Crippen molar-refractivity contribution >= 4 is 17.3 Å². The van der Waals surface area contributed by atoms with E-state index >= 15 is 0 Å². The molecule has 29 heavy (non-hydrogen) atoms. The summed E-state index contributed by atoms with van der Waals surface area (Å²) in [5, 5.41) is 14.1. The lowest BCUT2D eigenvalue weighted by Crippen LogP contribution is -2.22. The molecule has 0 saturated heterocycles. The maximum atomic E-state index is 13.1. The van der Waals surface area contributed by atoms with Gasteiger partial charge in [-0.25, -0.2) is 0 Å². The molecule has 0 radical (unpaired) electrons. The highest BCUT2D eigenvalue weighted by Crippen LogP contribution is 2.59. The van der Waals surface area contributed by atoms with Crippen LogP contribution in [0.2, 0.25) is 0 Å². The Bertz CT molecular complexity index is 1030. The molecule has 146 valence electrons. The third kappa shape index (κ3) is 3.40.